The van der Waals surface area contributed by atoms with Crippen LogP contribution in [0.15, 0.2) is 54.2 Å². The Morgan fingerprint density at radius 2 is 1.57 bits per heavy atom. The second-order valence-corrected chi connectivity index (χ2v) is 8.32. The Labute approximate surface area is 181 Å². The SMILES string of the molecule is CN1CCN(C2=C(c3ccc(Cl)cc3)C(=O)N(c3cccc(N(C)C)c3)C2=O)CC1. The zero-order valence-corrected chi connectivity index (χ0v) is 18.2. The predicted octanol–water partition coefficient (Wildman–Crippen LogP) is 2.94. The summed E-state index contributed by atoms with van der Waals surface area (Å²) in [6.45, 7) is 3.09. The highest BCUT2D eigenvalue weighted by molar-refractivity contribution is 6.45. The summed E-state index contributed by atoms with van der Waals surface area (Å²) < 4.78 is 0. The quantitative estimate of drug-likeness (QED) is 0.706. The zero-order valence-electron chi connectivity index (χ0n) is 17.4. The average molecular weight is 425 g/mol. The van der Waals surface area contributed by atoms with Crippen molar-refractivity contribution in [3.8, 4) is 0 Å². The number of amides is 2. The molecule has 0 saturated carbocycles. The molecule has 0 aromatic heterocycles. The normalized spacial score (nSPS) is 17.9. The maximum atomic E-state index is 13.6. The van der Waals surface area contributed by atoms with Crippen LogP contribution in [-0.4, -0.2) is 68.9 Å². The van der Waals surface area contributed by atoms with E-state index in [2.05, 4.69) is 11.9 Å². The molecule has 2 amide bonds. The third-order valence-corrected chi connectivity index (χ3v) is 5.87. The molecular formula is C23H25ClN4O2. The van der Waals surface area contributed by atoms with E-state index in [0.717, 1.165) is 18.8 Å². The molecule has 156 valence electrons. The van der Waals surface area contributed by atoms with Crippen LogP contribution in [0.1, 0.15) is 5.56 Å². The maximum Gasteiger partial charge on any atom is 0.282 e. The van der Waals surface area contributed by atoms with Crippen LogP contribution in [0, 0.1) is 0 Å². The van der Waals surface area contributed by atoms with Gasteiger partial charge in [0.2, 0.25) is 0 Å². The van der Waals surface area contributed by atoms with Gasteiger partial charge in [0, 0.05) is 51.0 Å². The smallest absolute Gasteiger partial charge is 0.282 e. The van der Waals surface area contributed by atoms with Gasteiger partial charge in [-0.1, -0.05) is 29.8 Å². The van der Waals surface area contributed by atoms with Crippen molar-refractivity contribution in [3.05, 3.63) is 64.8 Å². The van der Waals surface area contributed by atoms with Crippen molar-refractivity contribution in [2.24, 2.45) is 0 Å². The topological polar surface area (TPSA) is 47.1 Å². The minimum absolute atomic E-state index is 0.273. The van der Waals surface area contributed by atoms with Crippen LogP contribution < -0.4 is 9.80 Å². The van der Waals surface area contributed by atoms with Crippen LogP contribution in [0.25, 0.3) is 5.57 Å². The Balaban J connectivity index is 1.79. The van der Waals surface area contributed by atoms with Gasteiger partial charge in [0.1, 0.15) is 5.70 Å². The molecule has 30 heavy (non-hydrogen) atoms. The second-order valence-electron chi connectivity index (χ2n) is 7.88. The van der Waals surface area contributed by atoms with Crippen LogP contribution in [-0.2, 0) is 9.59 Å². The number of hydrogen-bond donors (Lipinski definition) is 0. The fourth-order valence-electron chi connectivity index (χ4n) is 3.86. The van der Waals surface area contributed by atoms with E-state index in [4.69, 9.17) is 11.6 Å². The summed E-state index contributed by atoms with van der Waals surface area (Å²) in [5.41, 5.74) is 3.13. The van der Waals surface area contributed by atoms with Crippen LogP contribution in [0.2, 0.25) is 5.02 Å². The van der Waals surface area contributed by atoms with E-state index in [1.165, 1.54) is 4.90 Å². The molecule has 4 rings (SSSR count). The molecule has 0 N–H and O–H groups in total. The predicted molar refractivity (Wildman–Crippen MR) is 121 cm³/mol. The van der Waals surface area contributed by atoms with Crippen molar-refractivity contribution in [3.63, 3.8) is 0 Å². The van der Waals surface area contributed by atoms with E-state index in [1.54, 1.807) is 30.3 Å². The highest BCUT2D eigenvalue weighted by atomic mass is 35.5. The Hall–Kier alpha value is -2.83. The molecule has 2 aliphatic rings. The fourth-order valence-corrected chi connectivity index (χ4v) is 3.99. The van der Waals surface area contributed by atoms with Crippen molar-refractivity contribution in [1.29, 1.82) is 0 Å². The molecular weight excluding hydrogens is 400 g/mol. The van der Waals surface area contributed by atoms with Crippen LogP contribution in [0.4, 0.5) is 11.4 Å². The number of piperazine rings is 1. The molecule has 1 saturated heterocycles. The Morgan fingerprint density at radius 1 is 0.900 bits per heavy atom. The number of carbonyl (C=O) groups is 2. The molecule has 0 spiro atoms. The fraction of sp³-hybridized carbons (Fsp3) is 0.304. The van der Waals surface area contributed by atoms with Gasteiger partial charge in [-0.05, 0) is 42.9 Å². The number of halogens is 1. The van der Waals surface area contributed by atoms with Crippen molar-refractivity contribution in [2.75, 3.05) is 57.1 Å². The summed E-state index contributed by atoms with van der Waals surface area (Å²) in [6.07, 6.45) is 0. The number of hydrogen-bond acceptors (Lipinski definition) is 5. The Morgan fingerprint density at radius 3 is 2.20 bits per heavy atom. The minimum atomic E-state index is -0.299. The molecule has 7 heteroatoms. The second kappa shape index (κ2) is 8.13. The highest BCUT2D eigenvalue weighted by Gasteiger charge is 2.43. The molecule has 0 aliphatic carbocycles. The van der Waals surface area contributed by atoms with E-state index in [9.17, 15) is 9.59 Å². The number of benzene rings is 2. The van der Waals surface area contributed by atoms with Gasteiger partial charge < -0.3 is 14.7 Å². The monoisotopic (exact) mass is 424 g/mol. The molecule has 2 aromatic rings. The summed E-state index contributed by atoms with van der Waals surface area (Å²) in [6, 6.07) is 14.6. The lowest BCUT2D eigenvalue weighted by Gasteiger charge is -2.34. The van der Waals surface area contributed by atoms with E-state index in [1.807, 2.05) is 42.1 Å². The Bertz CT molecular complexity index is 1010. The first-order valence-electron chi connectivity index (χ1n) is 9.96. The summed E-state index contributed by atoms with van der Waals surface area (Å²) in [7, 11) is 5.92. The molecule has 6 nitrogen and oxygen atoms in total. The standard InChI is InChI=1S/C23H25ClN4O2/c1-25(2)18-5-4-6-19(15-18)28-22(29)20(16-7-9-17(24)10-8-16)21(23(28)30)27-13-11-26(3)12-14-27/h4-10,15H,11-14H2,1-3H3. The number of carbonyl (C=O) groups excluding carboxylic acids is 2. The summed E-state index contributed by atoms with van der Waals surface area (Å²) in [5.74, 6) is -0.572. The van der Waals surface area contributed by atoms with Crippen molar-refractivity contribution in [1.82, 2.24) is 9.80 Å². The van der Waals surface area contributed by atoms with Crippen LogP contribution in [0.5, 0.6) is 0 Å². The number of rotatable bonds is 4. The zero-order chi connectivity index (χ0) is 21.4. The van der Waals surface area contributed by atoms with Gasteiger partial charge in [0.05, 0.1) is 11.3 Å². The molecule has 0 unspecified atom stereocenters. The van der Waals surface area contributed by atoms with Gasteiger partial charge in [0.15, 0.2) is 0 Å². The van der Waals surface area contributed by atoms with Crippen LogP contribution in [0.3, 0.4) is 0 Å². The summed E-state index contributed by atoms with van der Waals surface area (Å²) in [5, 5.41) is 0.591. The van der Waals surface area contributed by atoms with Crippen molar-refractivity contribution >= 4 is 40.4 Å². The van der Waals surface area contributed by atoms with Gasteiger partial charge in [-0.3, -0.25) is 9.59 Å². The van der Waals surface area contributed by atoms with Gasteiger partial charge in [-0.15, -0.1) is 0 Å². The molecule has 0 bridgehead atoms. The molecule has 2 aliphatic heterocycles. The average Bonchev–Trinajstić information content (AvgIpc) is 2.99. The Kier molecular flexibility index (Phi) is 5.54. The molecule has 0 atom stereocenters. The first-order valence-corrected chi connectivity index (χ1v) is 10.3. The van der Waals surface area contributed by atoms with E-state index >= 15 is 0 Å². The van der Waals surface area contributed by atoms with E-state index in [-0.39, 0.29) is 11.8 Å². The van der Waals surface area contributed by atoms with Gasteiger partial charge in [-0.2, -0.15) is 0 Å². The molecule has 2 heterocycles. The number of imide groups is 1. The lowest BCUT2D eigenvalue weighted by atomic mass is 10.0. The molecule has 2 aromatic carbocycles. The lowest BCUT2D eigenvalue weighted by molar-refractivity contribution is -0.120. The van der Waals surface area contributed by atoms with E-state index < -0.39 is 0 Å². The number of anilines is 2. The van der Waals surface area contributed by atoms with Gasteiger partial charge >= 0.3 is 0 Å². The summed E-state index contributed by atoms with van der Waals surface area (Å²) >= 11 is 6.06. The number of nitrogens with zero attached hydrogens (tertiary/aromatic N) is 4. The van der Waals surface area contributed by atoms with Crippen molar-refractivity contribution < 1.29 is 9.59 Å². The highest BCUT2D eigenvalue weighted by Crippen LogP contribution is 2.36. The maximum absolute atomic E-state index is 13.6. The van der Waals surface area contributed by atoms with E-state index in [0.29, 0.717) is 40.6 Å². The molecule has 1 fully saturated rings. The summed E-state index contributed by atoms with van der Waals surface area (Å²) in [4.78, 5) is 34.7. The molecule has 0 radical (unpaired) electrons. The first-order chi connectivity index (χ1) is 14.4. The van der Waals surface area contributed by atoms with Crippen molar-refractivity contribution in [2.45, 2.75) is 0 Å². The first kappa shape index (κ1) is 20.4. The van der Waals surface area contributed by atoms with Crippen LogP contribution >= 0.6 is 11.6 Å². The largest absolute Gasteiger partial charge is 0.378 e. The minimum Gasteiger partial charge on any atom is -0.378 e. The third-order valence-electron chi connectivity index (χ3n) is 5.62. The van der Waals surface area contributed by atoms with Gasteiger partial charge in [-0.25, -0.2) is 4.90 Å². The third kappa shape index (κ3) is 3.68. The lowest BCUT2D eigenvalue weighted by Crippen LogP contribution is -2.46. The van der Waals surface area contributed by atoms with Gasteiger partial charge in [0.25, 0.3) is 11.8 Å². The number of likely N-dealkylation sites (N-methyl/N-ethyl adjacent to an activating group) is 1.